The lowest BCUT2D eigenvalue weighted by atomic mass is 9.86. The second-order valence-corrected chi connectivity index (χ2v) is 6.49. The first-order valence-corrected chi connectivity index (χ1v) is 7.54. The van der Waals surface area contributed by atoms with Crippen molar-refractivity contribution in [3.8, 4) is 0 Å². The van der Waals surface area contributed by atoms with Crippen LogP contribution in [0.1, 0.15) is 45.4 Å². The van der Waals surface area contributed by atoms with Crippen LogP contribution in [0.3, 0.4) is 0 Å². The second kappa shape index (κ2) is 5.80. The molecule has 4 nitrogen and oxygen atoms in total. The Morgan fingerprint density at radius 1 is 1.24 bits per heavy atom. The molecule has 0 bridgehead atoms. The Balaban J connectivity index is 2.44. The molecule has 2 aromatic rings. The van der Waals surface area contributed by atoms with Gasteiger partial charge in [0.15, 0.2) is 5.82 Å². The lowest BCUT2D eigenvalue weighted by Crippen LogP contribution is -2.15. The number of aromatic nitrogens is 2. The molecule has 0 aliphatic heterocycles. The first-order chi connectivity index (χ1) is 9.84. The molecule has 1 aromatic heterocycles. The van der Waals surface area contributed by atoms with Crippen molar-refractivity contribution in [1.29, 1.82) is 0 Å². The Hall–Kier alpha value is -1.97. The van der Waals surface area contributed by atoms with Gasteiger partial charge in [0.2, 0.25) is 0 Å². The molecule has 1 heterocycles. The maximum atomic E-state index is 6.19. The van der Waals surface area contributed by atoms with E-state index in [0.717, 1.165) is 35.9 Å². The lowest BCUT2D eigenvalue weighted by Gasteiger charge is -2.23. The summed E-state index contributed by atoms with van der Waals surface area (Å²) in [7, 11) is 0. The number of nitrogens with zero attached hydrogens (tertiary/aromatic N) is 2. The maximum absolute atomic E-state index is 6.19. The molecule has 1 aromatic carbocycles. The molecule has 0 aliphatic rings. The summed E-state index contributed by atoms with van der Waals surface area (Å²) in [6.07, 6.45) is 1.02. The van der Waals surface area contributed by atoms with Crippen LogP contribution in [0.15, 0.2) is 24.3 Å². The van der Waals surface area contributed by atoms with E-state index in [-0.39, 0.29) is 5.41 Å². The molecule has 4 heteroatoms. The number of nitrogen functional groups attached to an aromatic ring is 1. The molecule has 0 aliphatic carbocycles. The summed E-state index contributed by atoms with van der Waals surface area (Å²) in [5, 5.41) is 8.01. The molecule has 0 saturated carbocycles. The van der Waals surface area contributed by atoms with E-state index < -0.39 is 0 Å². The van der Waals surface area contributed by atoms with Gasteiger partial charge in [-0.15, -0.1) is 0 Å². The van der Waals surface area contributed by atoms with Gasteiger partial charge in [0.25, 0.3) is 0 Å². The highest BCUT2D eigenvalue weighted by molar-refractivity contribution is 5.73. The number of hydrogen-bond donors (Lipinski definition) is 2. The fourth-order valence-corrected chi connectivity index (χ4v) is 2.47. The van der Waals surface area contributed by atoms with Crippen LogP contribution in [0, 0.1) is 6.92 Å². The van der Waals surface area contributed by atoms with Gasteiger partial charge in [0.1, 0.15) is 0 Å². The monoisotopic (exact) mass is 286 g/mol. The number of rotatable bonds is 4. The Morgan fingerprint density at radius 2 is 1.90 bits per heavy atom. The van der Waals surface area contributed by atoms with E-state index in [4.69, 9.17) is 5.73 Å². The van der Waals surface area contributed by atoms with Gasteiger partial charge in [0, 0.05) is 12.2 Å². The third-order valence-electron chi connectivity index (χ3n) is 3.60. The Bertz CT molecular complexity index is 620. The zero-order valence-electron chi connectivity index (χ0n) is 13.7. The number of para-hydroxylation sites is 1. The summed E-state index contributed by atoms with van der Waals surface area (Å²) >= 11 is 0. The minimum atomic E-state index is 0.0724. The van der Waals surface area contributed by atoms with Gasteiger partial charge in [0.05, 0.1) is 11.4 Å². The van der Waals surface area contributed by atoms with Crippen molar-refractivity contribution in [1.82, 2.24) is 9.78 Å². The van der Waals surface area contributed by atoms with Crippen LogP contribution in [0.4, 0.5) is 17.2 Å². The van der Waals surface area contributed by atoms with Gasteiger partial charge in [-0.1, -0.05) is 45.9 Å². The molecule has 0 spiro atoms. The standard InChI is InChI=1S/C17H26N4/c1-6-11-21-16(15(18)12(2)20-21)19-14-10-8-7-9-13(14)17(3,4)5/h7-10,19H,6,11,18H2,1-5H3. The molecule has 114 valence electrons. The average molecular weight is 286 g/mol. The smallest absolute Gasteiger partial charge is 0.152 e. The largest absolute Gasteiger partial charge is 0.394 e. The quantitative estimate of drug-likeness (QED) is 0.884. The van der Waals surface area contributed by atoms with Gasteiger partial charge in [-0.05, 0) is 30.4 Å². The Kier molecular flexibility index (Phi) is 4.26. The highest BCUT2D eigenvalue weighted by atomic mass is 15.3. The first kappa shape index (κ1) is 15.4. The van der Waals surface area contributed by atoms with Crippen molar-refractivity contribution in [2.45, 2.75) is 53.0 Å². The van der Waals surface area contributed by atoms with Crippen molar-refractivity contribution in [2.24, 2.45) is 0 Å². The second-order valence-electron chi connectivity index (χ2n) is 6.49. The summed E-state index contributed by atoms with van der Waals surface area (Å²) < 4.78 is 1.96. The minimum Gasteiger partial charge on any atom is -0.394 e. The van der Waals surface area contributed by atoms with Gasteiger partial charge in [-0.25, -0.2) is 4.68 Å². The normalized spacial score (nSPS) is 11.7. The van der Waals surface area contributed by atoms with Gasteiger partial charge in [-0.3, -0.25) is 0 Å². The van der Waals surface area contributed by atoms with Crippen LogP contribution >= 0.6 is 0 Å². The van der Waals surface area contributed by atoms with E-state index in [9.17, 15) is 0 Å². The van der Waals surface area contributed by atoms with Crippen molar-refractivity contribution < 1.29 is 0 Å². The maximum Gasteiger partial charge on any atom is 0.152 e. The summed E-state index contributed by atoms with van der Waals surface area (Å²) in [4.78, 5) is 0. The Morgan fingerprint density at radius 3 is 2.52 bits per heavy atom. The van der Waals surface area contributed by atoms with Crippen molar-refractivity contribution in [3.63, 3.8) is 0 Å². The van der Waals surface area contributed by atoms with Crippen molar-refractivity contribution >= 4 is 17.2 Å². The number of nitrogens with one attached hydrogen (secondary N) is 1. The van der Waals surface area contributed by atoms with E-state index >= 15 is 0 Å². The van der Waals surface area contributed by atoms with Gasteiger partial charge >= 0.3 is 0 Å². The number of nitrogens with two attached hydrogens (primary N) is 1. The molecule has 3 N–H and O–H groups in total. The predicted octanol–water partition coefficient (Wildman–Crippen LogP) is 4.22. The van der Waals surface area contributed by atoms with Gasteiger partial charge < -0.3 is 11.1 Å². The van der Waals surface area contributed by atoms with E-state index in [1.807, 2.05) is 17.7 Å². The molecule has 21 heavy (non-hydrogen) atoms. The lowest BCUT2D eigenvalue weighted by molar-refractivity contribution is 0.590. The molecular formula is C17H26N4. The first-order valence-electron chi connectivity index (χ1n) is 7.54. The van der Waals surface area contributed by atoms with Crippen LogP contribution in [0.5, 0.6) is 0 Å². The molecule has 0 atom stereocenters. The van der Waals surface area contributed by atoms with Crippen LogP contribution < -0.4 is 11.1 Å². The van der Waals surface area contributed by atoms with Crippen LogP contribution in [-0.4, -0.2) is 9.78 Å². The third kappa shape index (κ3) is 3.20. The highest BCUT2D eigenvalue weighted by Gasteiger charge is 2.19. The van der Waals surface area contributed by atoms with Crippen molar-refractivity contribution in [2.75, 3.05) is 11.1 Å². The van der Waals surface area contributed by atoms with E-state index in [1.165, 1.54) is 5.56 Å². The summed E-state index contributed by atoms with van der Waals surface area (Å²) in [5.74, 6) is 0.894. The van der Waals surface area contributed by atoms with Crippen molar-refractivity contribution in [3.05, 3.63) is 35.5 Å². The van der Waals surface area contributed by atoms with Crippen LogP contribution in [0.25, 0.3) is 0 Å². The molecule has 0 unspecified atom stereocenters. The van der Waals surface area contributed by atoms with Gasteiger partial charge in [-0.2, -0.15) is 5.10 Å². The topological polar surface area (TPSA) is 55.9 Å². The van der Waals surface area contributed by atoms with E-state index in [2.05, 4.69) is 56.3 Å². The molecule has 2 rings (SSSR count). The zero-order valence-corrected chi connectivity index (χ0v) is 13.7. The van der Waals surface area contributed by atoms with Crippen LogP contribution in [0.2, 0.25) is 0 Å². The van der Waals surface area contributed by atoms with Crippen LogP contribution in [-0.2, 0) is 12.0 Å². The molecule has 0 fully saturated rings. The number of hydrogen-bond acceptors (Lipinski definition) is 3. The summed E-state index contributed by atoms with van der Waals surface area (Å²) in [6, 6.07) is 8.37. The fraction of sp³-hybridized carbons (Fsp3) is 0.471. The Labute approximate surface area is 127 Å². The molecule has 0 amide bonds. The number of benzene rings is 1. The average Bonchev–Trinajstić information content (AvgIpc) is 2.67. The highest BCUT2D eigenvalue weighted by Crippen LogP contribution is 2.33. The number of aryl methyl sites for hydroxylation is 2. The molecular weight excluding hydrogens is 260 g/mol. The third-order valence-corrected chi connectivity index (χ3v) is 3.60. The minimum absolute atomic E-state index is 0.0724. The molecule has 0 saturated heterocycles. The zero-order chi connectivity index (χ0) is 15.6. The van der Waals surface area contributed by atoms with E-state index in [0.29, 0.717) is 0 Å². The molecule has 0 radical (unpaired) electrons. The summed E-state index contributed by atoms with van der Waals surface area (Å²) in [5.41, 5.74) is 10.2. The van der Waals surface area contributed by atoms with E-state index in [1.54, 1.807) is 0 Å². The summed E-state index contributed by atoms with van der Waals surface area (Å²) in [6.45, 7) is 11.6. The number of anilines is 3. The predicted molar refractivity (Wildman–Crippen MR) is 90.1 cm³/mol. The fourth-order valence-electron chi connectivity index (χ4n) is 2.47. The SMILES string of the molecule is CCCn1nc(C)c(N)c1Nc1ccccc1C(C)(C)C.